The second kappa shape index (κ2) is 6.72. The number of fused-ring (bicyclic) bond motifs is 1. The number of ether oxygens (including phenoxy) is 1. The van der Waals surface area contributed by atoms with Crippen LogP contribution in [-0.2, 0) is 19.6 Å². The summed E-state index contributed by atoms with van der Waals surface area (Å²) in [5, 5.41) is 0. The van der Waals surface area contributed by atoms with Crippen LogP contribution in [0.25, 0.3) is 0 Å². The van der Waals surface area contributed by atoms with E-state index in [0.717, 1.165) is 24.2 Å². The number of halogens is 2. The number of sulfonamides is 1. The van der Waals surface area contributed by atoms with Crippen LogP contribution in [0, 0.1) is 16.7 Å². The zero-order valence-corrected chi connectivity index (χ0v) is 17.9. The highest BCUT2D eigenvalue weighted by atomic mass is 32.2. The van der Waals surface area contributed by atoms with Crippen LogP contribution in [0.2, 0.25) is 0 Å². The molecule has 2 aliphatic carbocycles. The molecule has 0 aromatic heterocycles. The Hall–Kier alpha value is -1.06. The summed E-state index contributed by atoms with van der Waals surface area (Å²) in [5.41, 5.74) is -0.294. The van der Waals surface area contributed by atoms with E-state index in [1.54, 1.807) is 0 Å². The number of hydrogen-bond donors (Lipinski definition) is 0. The molecule has 4 rings (SSSR count). The summed E-state index contributed by atoms with van der Waals surface area (Å²) in [4.78, 5) is 13.3. The van der Waals surface area contributed by atoms with E-state index in [1.807, 2.05) is 0 Å². The Labute approximate surface area is 171 Å². The summed E-state index contributed by atoms with van der Waals surface area (Å²) in [5.74, 6) is -4.28. The molecular weight excluding hydrogens is 402 g/mol. The smallest absolute Gasteiger partial charge is 0.328 e. The van der Waals surface area contributed by atoms with Gasteiger partial charge in [-0.05, 0) is 30.6 Å². The lowest BCUT2D eigenvalue weighted by atomic mass is 9.69. The van der Waals surface area contributed by atoms with Crippen molar-refractivity contribution in [1.29, 1.82) is 0 Å². The van der Waals surface area contributed by atoms with Crippen LogP contribution in [-0.4, -0.2) is 74.1 Å². The van der Waals surface area contributed by atoms with Gasteiger partial charge in [-0.25, -0.2) is 8.42 Å². The van der Waals surface area contributed by atoms with Gasteiger partial charge in [0.2, 0.25) is 10.0 Å². The van der Waals surface area contributed by atoms with Crippen molar-refractivity contribution in [1.82, 2.24) is 9.21 Å². The molecule has 0 N–H and O–H groups in total. The Morgan fingerprint density at radius 1 is 1.28 bits per heavy atom. The largest absolute Gasteiger partial charge is 0.378 e. The molecular formula is C20H30F2N2O4S. The summed E-state index contributed by atoms with van der Waals surface area (Å²) >= 11 is 0. The number of carbonyl (C=O) groups is 1. The van der Waals surface area contributed by atoms with Gasteiger partial charge in [-0.3, -0.25) is 4.79 Å². The van der Waals surface area contributed by atoms with Crippen LogP contribution in [0.5, 0.6) is 0 Å². The quantitative estimate of drug-likeness (QED) is 0.625. The summed E-state index contributed by atoms with van der Waals surface area (Å²) in [6, 6.07) is -0.151. The third-order valence-electron chi connectivity index (χ3n) is 8.00. The summed E-state index contributed by atoms with van der Waals surface area (Å²) < 4.78 is 61.6. The molecule has 1 amide bonds. The predicted molar refractivity (Wildman–Crippen MR) is 104 cm³/mol. The molecule has 6 nitrogen and oxygen atoms in total. The second-order valence-electron chi connectivity index (χ2n) is 9.70. The second-order valence-corrected chi connectivity index (χ2v) is 11.6. The lowest BCUT2D eigenvalue weighted by Crippen LogP contribution is -2.49. The molecule has 164 valence electrons. The Kier molecular flexibility index (Phi) is 4.91. The van der Waals surface area contributed by atoms with Gasteiger partial charge in [-0.15, -0.1) is 0 Å². The maximum atomic E-state index is 14.6. The van der Waals surface area contributed by atoms with Gasteiger partial charge in [0.15, 0.2) is 0 Å². The fourth-order valence-electron chi connectivity index (χ4n) is 6.25. The van der Waals surface area contributed by atoms with Crippen LogP contribution in [0.1, 0.15) is 39.5 Å². The molecule has 2 bridgehead atoms. The monoisotopic (exact) mass is 432 g/mol. The van der Waals surface area contributed by atoms with E-state index in [1.165, 1.54) is 4.31 Å². The zero-order valence-electron chi connectivity index (χ0n) is 17.1. The predicted octanol–water partition coefficient (Wildman–Crippen LogP) is 2.27. The minimum atomic E-state index is -3.59. The normalized spacial score (nSPS) is 35.7. The SMILES string of the molecule is C=C(CN1[C@@H]2CC3CCC2(CS1(=O)=O)C3(C)C)CC(F)(F)C(=O)N1CCOCC1. The van der Waals surface area contributed by atoms with Gasteiger partial charge in [0.05, 0.1) is 19.0 Å². The highest BCUT2D eigenvalue weighted by molar-refractivity contribution is 7.89. The average Bonchev–Trinajstić information content (AvgIpc) is 3.11. The topological polar surface area (TPSA) is 66.9 Å². The number of amides is 1. The number of nitrogens with zero attached hydrogens (tertiary/aromatic N) is 2. The van der Waals surface area contributed by atoms with Gasteiger partial charge >= 0.3 is 5.92 Å². The zero-order chi connectivity index (χ0) is 21.2. The van der Waals surface area contributed by atoms with E-state index >= 15 is 0 Å². The van der Waals surface area contributed by atoms with E-state index < -0.39 is 28.3 Å². The average molecular weight is 433 g/mol. The van der Waals surface area contributed by atoms with E-state index in [9.17, 15) is 22.0 Å². The molecule has 3 atom stereocenters. The van der Waals surface area contributed by atoms with Crippen molar-refractivity contribution in [2.75, 3.05) is 38.6 Å². The molecule has 1 spiro atoms. The standard InChI is InChI=1S/C20H30F2N2O4S/c1-14(11-20(21,22)17(25)23-6-8-28-9-7-23)12-24-16-10-15-4-5-19(16,18(15,2)3)13-29(24,26)27/h15-16H,1,4-13H2,2-3H3/t15?,16-,19?/m1/s1. The molecule has 29 heavy (non-hydrogen) atoms. The van der Waals surface area contributed by atoms with E-state index in [2.05, 4.69) is 20.4 Å². The number of alkyl halides is 2. The van der Waals surface area contributed by atoms with Crippen molar-refractivity contribution < 1.29 is 26.7 Å². The Morgan fingerprint density at radius 3 is 2.55 bits per heavy atom. The molecule has 2 saturated carbocycles. The maximum Gasteiger partial charge on any atom is 0.328 e. The van der Waals surface area contributed by atoms with Gasteiger partial charge < -0.3 is 9.64 Å². The molecule has 2 aliphatic heterocycles. The molecule has 2 heterocycles. The summed E-state index contributed by atoms with van der Waals surface area (Å²) in [6.45, 7) is 8.66. The molecule has 2 unspecified atom stereocenters. The Balaban J connectivity index is 1.46. The first-order valence-electron chi connectivity index (χ1n) is 10.3. The van der Waals surface area contributed by atoms with Gasteiger partial charge in [-0.2, -0.15) is 13.1 Å². The molecule has 0 radical (unpaired) electrons. The molecule has 0 aromatic rings. The van der Waals surface area contributed by atoms with Crippen LogP contribution in [0.3, 0.4) is 0 Å². The number of hydrogen-bond acceptors (Lipinski definition) is 4. The lowest BCUT2D eigenvalue weighted by Gasteiger charge is -2.37. The van der Waals surface area contributed by atoms with Crippen LogP contribution >= 0.6 is 0 Å². The third-order valence-corrected chi connectivity index (χ3v) is 9.97. The lowest BCUT2D eigenvalue weighted by molar-refractivity contribution is -0.161. The molecule has 0 aromatic carbocycles. The molecule has 4 fully saturated rings. The number of morpholine rings is 1. The minimum Gasteiger partial charge on any atom is -0.378 e. The maximum absolute atomic E-state index is 14.6. The highest BCUT2D eigenvalue weighted by Crippen LogP contribution is 2.70. The van der Waals surface area contributed by atoms with Gasteiger partial charge in [0.1, 0.15) is 0 Å². The van der Waals surface area contributed by atoms with Crippen molar-refractivity contribution >= 4 is 15.9 Å². The van der Waals surface area contributed by atoms with Crippen LogP contribution in [0.4, 0.5) is 8.78 Å². The first kappa shape index (κ1) is 21.2. The highest BCUT2D eigenvalue weighted by Gasteiger charge is 2.71. The fourth-order valence-corrected chi connectivity index (χ4v) is 8.83. The van der Waals surface area contributed by atoms with Crippen molar-refractivity contribution in [2.45, 2.75) is 51.5 Å². The van der Waals surface area contributed by atoms with E-state index in [4.69, 9.17) is 4.74 Å². The Bertz CT molecular complexity index is 822. The minimum absolute atomic E-state index is 0.0724. The van der Waals surface area contributed by atoms with Gasteiger partial charge in [-0.1, -0.05) is 26.0 Å². The van der Waals surface area contributed by atoms with Crippen LogP contribution < -0.4 is 0 Å². The number of rotatable bonds is 5. The summed E-state index contributed by atoms with van der Waals surface area (Å²) in [7, 11) is -3.54. The molecule has 9 heteroatoms. The summed E-state index contributed by atoms with van der Waals surface area (Å²) in [6.07, 6.45) is 1.84. The van der Waals surface area contributed by atoms with Crippen molar-refractivity contribution in [3.05, 3.63) is 12.2 Å². The van der Waals surface area contributed by atoms with Crippen molar-refractivity contribution in [2.24, 2.45) is 16.7 Å². The number of carbonyl (C=O) groups excluding carboxylic acids is 1. The van der Waals surface area contributed by atoms with Gasteiger partial charge in [0.25, 0.3) is 5.91 Å². The fraction of sp³-hybridized carbons (Fsp3) is 0.850. The molecule has 2 saturated heterocycles. The first-order valence-corrected chi connectivity index (χ1v) is 11.9. The third kappa shape index (κ3) is 3.15. The van der Waals surface area contributed by atoms with Crippen molar-refractivity contribution in [3.63, 3.8) is 0 Å². The van der Waals surface area contributed by atoms with Gasteiger partial charge in [0, 0.05) is 37.5 Å². The van der Waals surface area contributed by atoms with E-state index in [-0.39, 0.29) is 61.0 Å². The first-order chi connectivity index (χ1) is 13.4. The van der Waals surface area contributed by atoms with Crippen LogP contribution in [0.15, 0.2) is 12.2 Å². The Morgan fingerprint density at radius 2 is 1.93 bits per heavy atom. The molecule has 4 aliphatic rings. The van der Waals surface area contributed by atoms with E-state index in [0.29, 0.717) is 5.92 Å². The van der Waals surface area contributed by atoms with Crippen molar-refractivity contribution in [3.8, 4) is 0 Å².